The summed E-state index contributed by atoms with van der Waals surface area (Å²) in [6.07, 6.45) is 0. The molecule has 0 saturated heterocycles. The molecule has 1 amide bonds. The Kier molecular flexibility index (Phi) is 6.71. The van der Waals surface area contributed by atoms with E-state index in [-0.39, 0.29) is 30.5 Å². The second kappa shape index (κ2) is 9.34. The van der Waals surface area contributed by atoms with E-state index in [1.807, 2.05) is 13.8 Å². The molecule has 0 radical (unpaired) electrons. The number of fused-ring (bicyclic) bond motifs is 1. The molecule has 36 heavy (non-hydrogen) atoms. The van der Waals surface area contributed by atoms with Gasteiger partial charge in [-0.2, -0.15) is 9.40 Å². The lowest BCUT2D eigenvalue weighted by Gasteiger charge is -2.30. The molecular weight excluding hydrogens is 495 g/mol. The molecule has 0 atom stereocenters. The van der Waals surface area contributed by atoms with Gasteiger partial charge in [-0.05, 0) is 37.6 Å². The number of aromatic amines is 1. The van der Waals surface area contributed by atoms with Crippen LogP contribution in [0.1, 0.15) is 54.9 Å². The van der Waals surface area contributed by atoms with Crippen molar-refractivity contribution in [1.29, 1.82) is 0 Å². The molecule has 1 aliphatic rings. The van der Waals surface area contributed by atoms with Crippen LogP contribution in [0.15, 0.2) is 41.3 Å². The maximum Gasteiger partial charge on any atom is 0.260 e. The summed E-state index contributed by atoms with van der Waals surface area (Å²) in [6, 6.07) is 6.51. The van der Waals surface area contributed by atoms with Crippen LogP contribution in [-0.4, -0.2) is 34.9 Å². The highest BCUT2D eigenvalue weighted by atomic mass is 32.2. The van der Waals surface area contributed by atoms with Crippen molar-refractivity contribution in [3.8, 4) is 0 Å². The number of H-pyrrole nitrogens is 1. The van der Waals surface area contributed by atoms with Gasteiger partial charge in [0.2, 0.25) is 10.0 Å². The lowest BCUT2D eigenvalue weighted by Crippen LogP contribution is -2.40. The quantitative estimate of drug-likeness (QED) is 0.436. The second-order valence-corrected chi connectivity index (χ2v) is 11.2. The van der Waals surface area contributed by atoms with Crippen LogP contribution in [0.5, 0.6) is 0 Å². The van der Waals surface area contributed by atoms with E-state index in [1.165, 1.54) is 12.1 Å². The number of carbonyl (C=O) groups excluding carboxylic acids is 1. The number of nitrogens with zero attached hydrogens (tertiary/aromatic N) is 2. The molecule has 0 unspecified atom stereocenters. The van der Waals surface area contributed by atoms with Gasteiger partial charge in [0.1, 0.15) is 17.5 Å². The monoisotopic (exact) mass is 521 g/mol. The molecule has 2 heterocycles. The number of aromatic nitrogens is 2. The third-order valence-electron chi connectivity index (χ3n) is 6.09. The zero-order valence-electron chi connectivity index (χ0n) is 20.1. The van der Waals surface area contributed by atoms with Crippen LogP contribution in [0.3, 0.4) is 0 Å². The molecule has 8 nitrogen and oxygen atoms in total. The van der Waals surface area contributed by atoms with Crippen LogP contribution in [0.4, 0.5) is 19.0 Å². The molecule has 0 aliphatic carbocycles. The smallest absolute Gasteiger partial charge is 0.260 e. The van der Waals surface area contributed by atoms with Crippen LogP contribution in [0.2, 0.25) is 0 Å². The van der Waals surface area contributed by atoms with Crippen LogP contribution in [-0.2, 0) is 28.7 Å². The molecule has 2 aromatic carbocycles. The molecule has 3 N–H and O–H groups in total. The predicted octanol–water partition coefficient (Wildman–Crippen LogP) is 4.02. The molecule has 0 saturated carbocycles. The van der Waals surface area contributed by atoms with Crippen molar-refractivity contribution in [3.05, 3.63) is 76.2 Å². The summed E-state index contributed by atoms with van der Waals surface area (Å²) in [4.78, 5) is 12.5. The average Bonchev–Trinajstić information content (AvgIpc) is 3.29. The first-order valence-corrected chi connectivity index (χ1v) is 12.6. The summed E-state index contributed by atoms with van der Waals surface area (Å²) in [5.41, 5.74) is -0.122. The minimum atomic E-state index is -4.33. The maximum absolute atomic E-state index is 14.7. The third-order valence-corrected chi connectivity index (χ3v) is 8.09. The third kappa shape index (κ3) is 4.63. The lowest BCUT2D eigenvalue weighted by atomic mass is 10.0. The van der Waals surface area contributed by atoms with Crippen molar-refractivity contribution in [1.82, 2.24) is 19.8 Å². The molecular formula is C24H26F3N5O3S. The predicted molar refractivity (Wildman–Crippen MR) is 127 cm³/mol. The van der Waals surface area contributed by atoms with E-state index < -0.39 is 43.8 Å². The molecule has 12 heteroatoms. The first-order chi connectivity index (χ1) is 16.8. The lowest BCUT2D eigenvalue weighted by molar-refractivity contribution is 0.102. The van der Waals surface area contributed by atoms with E-state index >= 15 is 0 Å². The van der Waals surface area contributed by atoms with Crippen molar-refractivity contribution in [2.75, 3.05) is 5.32 Å². The fraction of sp³-hybridized carbons (Fsp3) is 0.333. The van der Waals surface area contributed by atoms with Crippen LogP contribution in [0.25, 0.3) is 0 Å². The van der Waals surface area contributed by atoms with E-state index in [2.05, 4.69) is 20.8 Å². The van der Waals surface area contributed by atoms with Gasteiger partial charge >= 0.3 is 0 Å². The van der Waals surface area contributed by atoms with Crippen molar-refractivity contribution in [3.63, 3.8) is 0 Å². The van der Waals surface area contributed by atoms with E-state index in [0.29, 0.717) is 22.9 Å². The number of carbonyl (C=O) groups is 1. The van der Waals surface area contributed by atoms with Gasteiger partial charge in [-0.25, -0.2) is 21.6 Å². The molecule has 0 bridgehead atoms. The minimum absolute atomic E-state index is 0.0391. The summed E-state index contributed by atoms with van der Waals surface area (Å²) >= 11 is 0. The summed E-state index contributed by atoms with van der Waals surface area (Å²) in [5.74, 6) is -3.45. The normalized spacial score (nSPS) is 15.3. The summed E-state index contributed by atoms with van der Waals surface area (Å²) in [7, 11) is -4.33. The summed E-state index contributed by atoms with van der Waals surface area (Å²) in [5, 5.41) is 12.6. The Morgan fingerprint density at radius 3 is 2.47 bits per heavy atom. The number of hydrogen-bond donors (Lipinski definition) is 3. The Morgan fingerprint density at radius 2 is 1.83 bits per heavy atom. The number of benzene rings is 2. The molecule has 0 fully saturated rings. The van der Waals surface area contributed by atoms with Gasteiger partial charge in [0.25, 0.3) is 5.91 Å². The number of rotatable bonds is 7. The molecule has 0 spiro atoms. The Morgan fingerprint density at radius 1 is 1.17 bits per heavy atom. The van der Waals surface area contributed by atoms with Gasteiger partial charge in [0.05, 0.1) is 21.7 Å². The minimum Gasteiger partial charge on any atom is -0.310 e. The van der Waals surface area contributed by atoms with E-state index in [0.717, 1.165) is 16.4 Å². The zero-order chi connectivity index (χ0) is 26.4. The molecule has 3 aromatic rings. The molecule has 192 valence electrons. The van der Waals surface area contributed by atoms with Crippen molar-refractivity contribution >= 4 is 21.7 Å². The first-order valence-electron chi connectivity index (χ1n) is 11.2. The highest BCUT2D eigenvalue weighted by Crippen LogP contribution is 2.44. The van der Waals surface area contributed by atoms with E-state index in [1.54, 1.807) is 19.9 Å². The standard InChI is InChI=1S/C24H26F3N5O3S/c1-13(2)28-11-14-6-5-7-19(27)20(14)23(33)29-22-18-12-32(24(3,4)21(18)30-31-22)36(34,35)17-9-15(25)8-16(26)10-17/h5-10,13,28H,11-12H2,1-4H3,(H2,29,30,31,33). The van der Waals surface area contributed by atoms with Crippen molar-refractivity contribution < 1.29 is 26.4 Å². The number of nitrogens with one attached hydrogen (secondary N) is 3. The fourth-order valence-electron chi connectivity index (χ4n) is 4.24. The molecule has 1 aromatic heterocycles. The van der Waals surface area contributed by atoms with Gasteiger partial charge in [0, 0.05) is 30.8 Å². The van der Waals surface area contributed by atoms with Crippen LogP contribution < -0.4 is 10.6 Å². The number of amides is 1. The summed E-state index contributed by atoms with van der Waals surface area (Å²) in [6.45, 7) is 7.08. The van der Waals surface area contributed by atoms with Crippen LogP contribution in [0, 0.1) is 17.5 Å². The second-order valence-electron chi connectivity index (χ2n) is 9.37. The number of anilines is 1. The zero-order valence-corrected chi connectivity index (χ0v) is 20.9. The topological polar surface area (TPSA) is 107 Å². The van der Waals surface area contributed by atoms with Gasteiger partial charge in [-0.3, -0.25) is 9.89 Å². The first kappa shape index (κ1) is 25.9. The summed E-state index contributed by atoms with van der Waals surface area (Å²) < 4.78 is 69.8. The van der Waals surface area contributed by atoms with Gasteiger partial charge in [0.15, 0.2) is 5.82 Å². The van der Waals surface area contributed by atoms with Crippen LogP contribution >= 0.6 is 0 Å². The van der Waals surface area contributed by atoms with E-state index in [9.17, 15) is 26.4 Å². The largest absolute Gasteiger partial charge is 0.310 e. The van der Waals surface area contributed by atoms with Gasteiger partial charge in [-0.15, -0.1) is 0 Å². The van der Waals surface area contributed by atoms with E-state index in [4.69, 9.17) is 0 Å². The Labute approximate surface area is 206 Å². The Bertz CT molecular complexity index is 1420. The molecule has 1 aliphatic heterocycles. The Hall–Kier alpha value is -3.22. The highest BCUT2D eigenvalue weighted by Gasteiger charge is 2.48. The number of hydrogen-bond acceptors (Lipinski definition) is 5. The van der Waals surface area contributed by atoms with Gasteiger partial charge < -0.3 is 10.6 Å². The number of halogens is 3. The van der Waals surface area contributed by atoms with Crippen molar-refractivity contribution in [2.24, 2.45) is 0 Å². The highest BCUT2D eigenvalue weighted by molar-refractivity contribution is 7.89. The molecule has 4 rings (SSSR count). The fourth-order valence-corrected chi connectivity index (χ4v) is 6.01. The maximum atomic E-state index is 14.7. The SMILES string of the molecule is CC(C)NCc1cccc(F)c1C(=O)Nc1n[nH]c2c1CN(S(=O)(=O)c1cc(F)cc(F)c1)C2(C)C. The van der Waals surface area contributed by atoms with Gasteiger partial charge in [-0.1, -0.05) is 26.0 Å². The van der Waals surface area contributed by atoms with Crippen molar-refractivity contribution in [2.45, 2.75) is 57.3 Å². The Balaban J connectivity index is 1.65. The number of sulfonamides is 1. The average molecular weight is 522 g/mol.